The quantitative estimate of drug-likeness (QED) is 0.685. The first-order valence-electron chi connectivity index (χ1n) is 9.88. The summed E-state index contributed by atoms with van der Waals surface area (Å²) in [5, 5.41) is 0.874. The zero-order valence-corrected chi connectivity index (χ0v) is 19.4. The average molecular weight is 470 g/mol. The molecule has 0 N–H and O–H groups in total. The number of ether oxygens (including phenoxy) is 1. The van der Waals surface area contributed by atoms with E-state index in [0.29, 0.717) is 28.8 Å². The van der Waals surface area contributed by atoms with Crippen LogP contribution in [0.2, 0.25) is 10.0 Å². The predicted octanol–water partition coefficient (Wildman–Crippen LogP) is 3.50. The van der Waals surface area contributed by atoms with Crippen molar-refractivity contribution in [3.05, 3.63) is 51.5 Å². The van der Waals surface area contributed by atoms with Gasteiger partial charge in [0, 0.05) is 39.3 Å². The van der Waals surface area contributed by atoms with Gasteiger partial charge < -0.3 is 14.5 Å². The highest BCUT2D eigenvalue weighted by Gasteiger charge is 2.31. The van der Waals surface area contributed by atoms with Gasteiger partial charge in [-0.05, 0) is 48.9 Å². The van der Waals surface area contributed by atoms with E-state index in [1.54, 1.807) is 31.4 Å². The molecular weight excluding hydrogens is 445 g/mol. The summed E-state index contributed by atoms with van der Waals surface area (Å²) in [5.74, 6) is 0.678. The fraction of sp³-hybridized carbons (Fsp3) is 0.429. The molecule has 30 heavy (non-hydrogen) atoms. The molecule has 6 nitrogen and oxygen atoms in total. The van der Waals surface area contributed by atoms with Crippen molar-refractivity contribution in [2.75, 3.05) is 51.8 Å². The van der Waals surface area contributed by atoms with Gasteiger partial charge in [-0.1, -0.05) is 29.3 Å². The summed E-state index contributed by atoms with van der Waals surface area (Å²) in [7, 11) is -0.000415. The van der Waals surface area contributed by atoms with E-state index in [9.17, 15) is 8.42 Å². The van der Waals surface area contributed by atoms with E-state index in [4.69, 9.17) is 27.9 Å². The van der Waals surface area contributed by atoms with Crippen molar-refractivity contribution in [2.24, 2.45) is 0 Å². The first kappa shape index (κ1) is 21.7. The molecule has 0 spiro atoms. The van der Waals surface area contributed by atoms with E-state index in [-0.39, 0.29) is 11.4 Å². The number of nitrogens with zero attached hydrogens (tertiary/aromatic N) is 3. The second kappa shape index (κ2) is 8.55. The molecule has 162 valence electrons. The summed E-state index contributed by atoms with van der Waals surface area (Å²) in [5.41, 5.74) is 2.64. The minimum Gasteiger partial charge on any atom is -0.495 e. The number of benzene rings is 2. The Kier molecular flexibility index (Phi) is 6.19. The fourth-order valence-electron chi connectivity index (χ4n) is 4.02. The number of halogens is 2. The zero-order chi connectivity index (χ0) is 21.5. The number of piperazine rings is 1. The molecular formula is C21H25Cl2N3O3S. The van der Waals surface area contributed by atoms with Crippen molar-refractivity contribution >= 4 is 38.9 Å². The standard InChI is InChI=1S/C21H25Cl2N3O3S/c1-24-9-11-25(12-10-24)19-13-16(4-6-20(19)29-2)30(27,28)26-8-7-15-3-5-18(22)21(23)17(15)14-26/h3-6,13H,7-12,14H2,1-2H3. The van der Waals surface area contributed by atoms with E-state index in [1.807, 2.05) is 6.07 Å². The predicted molar refractivity (Wildman–Crippen MR) is 120 cm³/mol. The highest BCUT2D eigenvalue weighted by molar-refractivity contribution is 7.89. The van der Waals surface area contributed by atoms with E-state index in [1.165, 1.54) is 4.31 Å². The Labute approximate surface area is 188 Å². The van der Waals surface area contributed by atoms with Gasteiger partial charge in [-0.15, -0.1) is 0 Å². The molecule has 0 atom stereocenters. The van der Waals surface area contributed by atoms with Gasteiger partial charge in [0.2, 0.25) is 10.0 Å². The van der Waals surface area contributed by atoms with Crippen LogP contribution >= 0.6 is 23.2 Å². The highest BCUT2D eigenvalue weighted by atomic mass is 35.5. The molecule has 0 unspecified atom stereocenters. The number of sulfonamides is 1. The van der Waals surface area contributed by atoms with Crippen molar-refractivity contribution in [3.63, 3.8) is 0 Å². The highest BCUT2D eigenvalue weighted by Crippen LogP contribution is 2.36. The van der Waals surface area contributed by atoms with E-state index < -0.39 is 10.0 Å². The molecule has 0 bridgehead atoms. The Morgan fingerprint density at radius 2 is 1.73 bits per heavy atom. The maximum absolute atomic E-state index is 13.5. The number of likely N-dealkylation sites (N-methyl/N-ethyl adjacent to an activating group) is 1. The van der Waals surface area contributed by atoms with Crippen molar-refractivity contribution in [2.45, 2.75) is 17.9 Å². The zero-order valence-electron chi connectivity index (χ0n) is 17.1. The van der Waals surface area contributed by atoms with Gasteiger partial charge >= 0.3 is 0 Å². The number of anilines is 1. The Hall–Kier alpha value is -1.51. The van der Waals surface area contributed by atoms with Gasteiger partial charge in [0.1, 0.15) is 5.75 Å². The lowest BCUT2D eigenvalue weighted by Gasteiger charge is -2.35. The second-order valence-electron chi connectivity index (χ2n) is 7.71. The van der Waals surface area contributed by atoms with Gasteiger partial charge in [0.25, 0.3) is 0 Å². The molecule has 2 aromatic carbocycles. The Morgan fingerprint density at radius 1 is 1.00 bits per heavy atom. The Morgan fingerprint density at radius 3 is 2.43 bits per heavy atom. The van der Waals surface area contributed by atoms with Gasteiger partial charge in [0.05, 0.1) is 27.7 Å². The van der Waals surface area contributed by atoms with Crippen LogP contribution in [0.1, 0.15) is 11.1 Å². The summed E-state index contributed by atoms with van der Waals surface area (Å²) >= 11 is 12.5. The van der Waals surface area contributed by atoms with E-state index >= 15 is 0 Å². The van der Waals surface area contributed by atoms with Crippen molar-refractivity contribution in [3.8, 4) is 5.75 Å². The molecule has 2 heterocycles. The summed E-state index contributed by atoms with van der Waals surface area (Å²) in [4.78, 5) is 4.70. The van der Waals surface area contributed by atoms with E-state index in [2.05, 4.69) is 16.8 Å². The van der Waals surface area contributed by atoms with Crippen LogP contribution in [0, 0.1) is 0 Å². The average Bonchev–Trinajstić information content (AvgIpc) is 2.76. The smallest absolute Gasteiger partial charge is 0.243 e. The van der Waals surface area contributed by atoms with Crippen LogP contribution in [0.25, 0.3) is 0 Å². The molecule has 4 rings (SSSR count). The summed E-state index contributed by atoms with van der Waals surface area (Å²) in [6, 6.07) is 8.77. The minimum absolute atomic E-state index is 0.215. The largest absolute Gasteiger partial charge is 0.495 e. The summed E-state index contributed by atoms with van der Waals surface area (Å²) < 4.78 is 33.9. The van der Waals surface area contributed by atoms with Crippen molar-refractivity contribution in [1.29, 1.82) is 0 Å². The topological polar surface area (TPSA) is 53.1 Å². The SMILES string of the molecule is COc1ccc(S(=O)(=O)N2CCc3ccc(Cl)c(Cl)c3C2)cc1N1CCN(C)CC1. The lowest BCUT2D eigenvalue weighted by Crippen LogP contribution is -2.44. The Balaban J connectivity index is 1.66. The monoisotopic (exact) mass is 469 g/mol. The van der Waals surface area contributed by atoms with Crippen molar-refractivity contribution < 1.29 is 13.2 Å². The molecule has 2 aliphatic heterocycles. The first-order valence-corrected chi connectivity index (χ1v) is 12.1. The Bertz CT molecular complexity index is 1050. The van der Waals surface area contributed by atoms with Gasteiger partial charge in [0.15, 0.2) is 0 Å². The molecule has 0 amide bonds. The van der Waals surface area contributed by atoms with Crippen LogP contribution in [-0.2, 0) is 23.0 Å². The van der Waals surface area contributed by atoms with Crippen LogP contribution in [0.5, 0.6) is 5.75 Å². The maximum Gasteiger partial charge on any atom is 0.243 e. The molecule has 0 radical (unpaired) electrons. The fourth-order valence-corrected chi connectivity index (χ4v) is 5.87. The maximum atomic E-state index is 13.5. The molecule has 2 aliphatic rings. The third-order valence-electron chi connectivity index (χ3n) is 5.89. The third-order valence-corrected chi connectivity index (χ3v) is 8.57. The molecule has 0 aliphatic carbocycles. The van der Waals surface area contributed by atoms with Crippen LogP contribution in [-0.4, -0.2) is 64.5 Å². The number of hydrogen-bond donors (Lipinski definition) is 0. The van der Waals surface area contributed by atoms with Crippen LogP contribution in [0.4, 0.5) is 5.69 Å². The van der Waals surface area contributed by atoms with Gasteiger partial charge in [-0.3, -0.25) is 0 Å². The number of fused-ring (bicyclic) bond motifs is 1. The minimum atomic E-state index is -3.69. The molecule has 0 aromatic heterocycles. The summed E-state index contributed by atoms with van der Waals surface area (Å²) in [6.45, 7) is 4.10. The normalized spacial score (nSPS) is 18.3. The van der Waals surface area contributed by atoms with Crippen LogP contribution < -0.4 is 9.64 Å². The molecule has 9 heteroatoms. The summed E-state index contributed by atoms with van der Waals surface area (Å²) in [6.07, 6.45) is 0.604. The first-order chi connectivity index (χ1) is 14.3. The van der Waals surface area contributed by atoms with E-state index in [0.717, 1.165) is 43.0 Å². The van der Waals surface area contributed by atoms with Gasteiger partial charge in [-0.25, -0.2) is 8.42 Å². The molecule has 2 aromatic rings. The molecule has 1 fully saturated rings. The number of methoxy groups -OCH3 is 1. The van der Waals surface area contributed by atoms with Crippen molar-refractivity contribution in [1.82, 2.24) is 9.21 Å². The van der Waals surface area contributed by atoms with Crippen LogP contribution in [0.3, 0.4) is 0 Å². The molecule has 0 saturated carbocycles. The molecule has 1 saturated heterocycles. The lowest BCUT2D eigenvalue weighted by atomic mass is 10.0. The second-order valence-corrected chi connectivity index (χ2v) is 10.4. The number of hydrogen-bond acceptors (Lipinski definition) is 5. The van der Waals surface area contributed by atoms with Gasteiger partial charge in [-0.2, -0.15) is 4.31 Å². The van der Waals surface area contributed by atoms with Crippen LogP contribution in [0.15, 0.2) is 35.2 Å². The third kappa shape index (κ3) is 4.01. The number of rotatable bonds is 4. The lowest BCUT2D eigenvalue weighted by molar-refractivity contribution is 0.311.